The Morgan fingerprint density at radius 1 is 1.18 bits per heavy atom. The Morgan fingerprint density at radius 2 is 2.00 bits per heavy atom. The third-order valence-corrected chi connectivity index (χ3v) is 3.84. The van der Waals surface area contributed by atoms with E-state index in [4.69, 9.17) is 0 Å². The maximum absolute atomic E-state index is 4.16. The van der Waals surface area contributed by atoms with Gasteiger partial charge in [-0.25, -0.2) is 0 Å². The highest BCUT2D eigenvalue weighted by Gasteiger charge is 2.27. The Balaban J connectivity index is 2.36. The molecule has 0 aromatic heterocycles. The molecule has 2 unspecified atom stereocenters. The highest BCUT2D eigenvalue weighted by atomic mass is 14.3. The molecule has 0 radical (unpaired) electrons. The van der Waals surface area contributed by atoms with Crippen LogP contribution in [0.15, 0.2) is 43.5 Å². The molecule has 0 bridgehead atoms. The van der Waals surface area contributed by atoms with Crippen LogP contribution in [0.1, 0.15) is 35.1 Å². The summed E-state index contributed by atoms with van der Waals surface area (Å²) in [5, 5.41) is 0. The fourth-order valence-electron chi connectivity index (χ4n) is 2.90. The summed E-state index contributed by atoms with van der Waals surface area (Å²) in [7, 11) is 0. The second-order valence-electron chi connectivity index (χ2n) is 4.87. The quantitative estimate of drug-likeness (QED) is 0.645. The van der Waals surface area contributed by atoms with Gasteiger partial charge in [0.15, 0.2) is 0 Å². The number of hydrogen-bond acceptors (Lipinski definition) is 0. The van der Waals surface area contributed by atoms with Gasteiger partial charge in [0.1, 0.15) is 0 Å². The van der Waals surface area contributed by atoms with Gasteiger partial charge in [0.25, 0.3) is 0 Å². The van der Waals surface area contributed by atoms with Crippen molar-refractivity contribution in [2.24, 2.45) is 5.92 Å². The first-order valence-corrected chi connectivity index (χ1v) is 6.07. The zero-order chi connectivity index (χ0) is 12.0. The monoisotopic (exact) mass is 220 g/mol. The molecule has 2 aliphatic rings. The average molecular weight is 220 g/mol. The molecule has 3 rings (SSSR count). The molecule has 0 saturated heterocycles. The second-order valence-corrected chi connectivity index (χ2v) is 4.87. The largest absolute Gasteiger partial charge is 0.0984 e. The molecule has 2 aliphatic carbocycles. The molecule has 0 heterocycles. The molecule has 0 spiro atoms. The van der Waals surface area contributed by atoms with Gasteiger partial charge < -0.3 is 0 Å². The third kappa shape index (κ3) is 1.37. The lowest BCUT2D eigenvalue weighted by Crippen LogP contribution is -2.16. The Bertz CT molecular complexity index is 570. The molecule has 0 N–H and O–H groups in total. The topological polar surface area (TPSA) is 0 Å². The maximum atomic E-state index is 4.16. The van der Waals surface area contributed by atoms with Gasteiger partial charge in [-0.2, -0.15) is 0 Å². The zero-order valence-corrected chi connectivity index (χ0v) is 10.1. The lowest BCUT2D eigenvalue weighted by atomic mass is 9.72. The first-order valence-electron chi connectivity index (χ1n) is 6.07. The van der Waals surface area contributed by atoms with Crippen LogP contribution >= 0.6 is 0 Å². The van der Waals surface area contributed by atoms with Crippen LogP contribution in [0.25, 0.3) is 17.7 Å². The van der Waals surface area contributed by atoms with Gasteiger partial charge in [-0.3, -0.25) is 0 Å². The Labute approximate surface area is 103 Å². The molecule has 1 aromatic carbocycles. The van der Waals surface area contributed by atoms with E-state index < -0.39 is 0 Å². The maximum Gasteiger partial charge on any atom is 0.00939 e. The number of benzene rings is 1. The fraction of sp³-hybridized carbons (Fsp3) is 0.176. The lowest BCUT2D eigenvalue weighted by molar-refractivity contribution is 0.632. The van der Waals surface area contributed by atoms with Crippen LogP contribution in [0.4, 0.5) is 0 Å². The SMILES string of the molecule is C=Cc1ccc2c3c1C(=C)C=CC3C(C)C=C2. The van der Waals surface area contributed by atoms with Crippen molar-refractivity contribution in [1.29, 1.82) is 0 Å². The van der Waals surface area contributed by atoms with E-state index in [1.807, 2.05) is 6.08 Å². The summed E-state index contributed by atoms with van der Waals surface area (Å²) in [4.78, 5) is 0. The summed E-state index contributed by atoms with van der Waals surface area (Å²) in [6, 6.07) is 4.33. The summed E-state index contributed by atoms with van der Waals surface area (Å²) < 4.78 is 0. The summed E-state index contributed by atoms with van der Waals surface area (Å²) in [5.41, 5.74) is 6.37. The molecule has 0 aliphatic heterocycles. The smallest absolute Gasteiger partial charge is 0.00939 e. The summed E-state index contributed by atoms with van der Waals surface area (Å²) in [6.07, 6.45) is 10.9. The minimum Gasteiger partial charge on any atom is -0.0984 e. The van der Waals surface area contributed by atoms with Crippen LogP contribution in [0.5, 0.6) is 0 Å². The van der Waals surface area contributed by atoms with E-state index in [1.165, 1.54) is 22.3 Å². The van der Waals surface area contributed by atoms with Gasteiger partial charge >= 0.3 is 0 Å². The van der Waals surface area contributed by atoms with Crippen molar-refractivity contribution < 1.29 is 0 Å². The van der Waals surface area contributed by atoms with E-state index in [2.05, 4.69) is 56.5 Å². The molecule has 0 fully saturated rings. The second kappa shape index (κ2) is 3.59. The van der Waals surface area contributed by atoms with Crippen molar-refractivity contribution in [3.63, 3.8) is 0 Å². The van der Waals surface area contributed by atoms with Gasteiger partial charge in [0.05, 0.1) is 0 Å². The van der Waals surface area contributed by atoms with Crippen molar-refractivity contribution >= 4 is 17.7 Å². The molecule has 0 saturated carbocycles. The van der Waals surface area contributed by atoms with Gasteiger partial charge in [0.2, 0.25) is 0 Å². The highest BCUT2D eigenvalue weighted by Crippen LogP contribution is 2.44. The summed E-state index contributed by atoms with van der Waals surface area (Å²) in [6.45, 7) is 10.3. The van der Waals surface area contributed by atoms with Crippen molar-refractivity contribution in [1.82, 2.24) is 0 Å². The average Bonchev–Trinajstić information content (AvgIpc) is 2.35. The van der Waals surface area contributed by atoms with Crippen LogP contribution in [0, 0.1) is 5.92 Å². The molecule has 1 aromatic rings. The van der Waals surface area contributed by atoms with Crippen molar-refractivity contribution in [3.05, 3.63) is 65.8 Å². The van der Waals surface area contributed by atoms with Crippen molar-refractivity contribution in [2.45, 2.75) is 12.8 Å². The standard InChI is InChI=1S/C17H16/c1-4-13-8-9-14-7-5-11(2)15-10-6-12(3)16(13)17(14)15/h4-11,15H,1,3H2,2H3. The fourth-order valence-corrected chi connectivity index (χ4v) is 2.90. The van der Waals surface area contributed by atoms with E-state index in [9.17, 15) is 0 Å². The summed E-state index contributed by atoms with van der Waals surface area (Å²) in [5.74, 6) is 1.06. The molecule has 0 nitrogen and oxygen atoms in total. The first kappa shape index (κ1) is 10.3. The molecule has 2 atom stereocenters. The normalized spacial score (nSPS) is 24.6. The zero-order valence-electron chi connectivity index (χ0n) is 10.1. The molecule has 17 heavy (non-hydrogen) atoms. The molecule has 0 heteroatoms. The lowest BCUT2D eigenvalue weighted by Gasteiger charge is -2.31. The minimum absolute atomic E-state index is 0.496. The summed E-state index contributed by atoms with van der Waals surface area (Å²) >= 11 is 0. The van der Waals surface area contributed by atoms with Gasteiger partial charge in [-0.1, -0.05) is 62.6 Å². The Hall–Kier alpha value is -1.82. The number of allylic oxidation sites excluding steroid dienone is 4. The Kier molecular flexibility index (Phi) is 2.19. The van der Waals surface area contributed by atoms with E-state index in [0.29, 0.717) is 11.8 Å². The predicted molar refractivity (Wildman–Crippen MR) is 75.6 cm³/mol. The van der Waals surface area contributed by atoms with Crippen LogP contribution in [-0.4, -0.2) is 0 Å². The van der Waals surface area contributed by atoms with E-state index in [1.54, 1.807) is 0 Å². The van der Waals surface area contributed by atoms with Crippen LogP contribution in [-0.2, 0) is 0 Å². The molecular formula is C17H16. The van der Waals surface area contributed by atoms with Crippen molar-refractivity contribution in [2.75, 3.05) is 0 Å². The highest BCUT2D eigenvalue weighted by molar-refractivity contribution is 5.86. The van der Waals surface area contributed by atoms with E-state index in [0.717, 1.165) is 5.57 Å². The number of rotatable bonds is 1. The number of hydrogen-bond donors (Lipinski definition) is 0. The van der Waals surface area contributed by atoms with Gasteiger partial charge in [-0.05, 0) is 33.7 Å². The van der Waals surface area contributed by atoms with Gasteiger partial charge in [0, 0.05) is 5.92 Å². The van der Waals surface area contributed by atoms with E-state index in [-0.39, 0.29) is 0 Å². The molecular weight excluding hydrogens is 204 g/mol. The van der Waals surface area contributed by atoms with Crippen molar-refractivity contribution in [3.8, 4) is 0 Å². The molecule has 84 valence electrons. The van der Waals surface area contributed by atoms with Crippen LogP contribution in [0.2, 0.25) is 0 Å². The van der Waals surface area contributed by atoms with Crippen LogP contribution in [0.3, 0.4) is 0 Å². The Morgan fingerprint density at radius 3 is 2.76 bits per heavy atom. The minimum atomic E-state index is 0.496. The van der Waals surface area contributed by atoms with Gasteiger partial charge in [-0.15, -0.1) is 0 Å². The molecule has 0 amide bonds. The van der Waals surface area contributed by atoms with Crippen LogP contribution < -0.4 is 0 Å². The third-order valence-electron chi connectivity index (χ3n) is 3.84. The predicted octanol–water partition coefficient (Wildman–Crippen LogP) is 4.66. The first-order chi connectivity index (χ1) is 8.22. The van der Waals surface area contributed by atoms with E-state index >= 15 is 0 Å².